The van der Waals surface area contributed by atoms with Gasteiger partial charge in [0.25, 0.3) is 0 Å². The molecule has 1 aromatic heterocycles. The van der Waals surface area contributed by atoms with Crippen molar-refractivity contribution in [1.29, 1.82) is 0 Å². The molecule has 170 valence electrons. The Morgan fingerprint density at radius 2 is 1.78 bits per heavy atom. The number of fused-ring (bicyclic) bond motifs is 1. The first-order valence-electron chi connectivity index (χ1n) is 10.8. The van der Waals surface area contributed by atoms with E-state index in [2.05, 4.69) is 17.0 Å². The minimum absolute atomic E-state index is 0.239. The zero-order chi connectivity index (χ0) is 22.9. The Kier molecular flexibility index (Phi) is 6.46. The van der Waals surface area contributed by atoms with Crippen molar-refractivity contribution in [3.8, 4) is 5.69 Å². The molecule has 3 aromatic rings. The summed E-state index contributed by atoms with van der Waals surface area (Å²) in [6.07, 6.45) is 2.04. The summed E-state index contributed by atoms with van der Waals surface area (Å²) in [5, 5.41) is 4.88. The van der Waals surface area contributed by atoms with Crippen LogP contribution in [0.15, 0.2) is 48.5 Å². The first kappa shape index (κ1) is 22.6. The van der Waals surface area contributed by atoms with Crippen molar-refractivity contribution in [2.24, 2.45) is 0 Å². The van der Waals surface area contributed by atoms with Crippen LogP contribution in [0.4, 0.5) is 4.39 Å². The minimum atomic E-state index is -3.33. The fraction of sp³-hybridized carbons (Fsp3) is 0.375. The largest absolute Gasteiger partial charge is 0.294 e. The van der Waals surface area contributed by atoms with E-state index in [-0.39, 0.29) is 12.4 Å². The Morgan fingerprint density at radius 1 is 1.09 bits per heavy atom. The lowest BCUT2D eigenvalue weighted by Crippen LogP contribution is -2.32. The van der Waals surface area contributed by atoms with E-state index < -0.39 is 10.0 Å². The van der Waals surface area contributed by atoms with Gasteiger partial charge in [-0.3, -0.25) is 4.90 Å². The van der Waals surface area contributed by atoms with Crippen molar-refractivity contribution in [3.05, 3.63) is 82.4 Å². The van der Waals surface area contributed by atoms with Crippen LogP contribution >= 0.6 is 0 Å². The summed E-state index contributed by atoms with van der Waals surface area (Å²) in [6, 6.07) is 14.8. The monoisotopic (exact) mass is 456 g/mol. The predicted molar refractivity (Wildman–Crippen MR) is 123 cm³/mol. The molecule has 1 aliphatic rings. The molecule has 0 radical (unpaired) electrons. The molecule has 0 unspecified atom stereocenters. The van der Waals surface area contributed by atoms with Crippen LogP contribution in [0.3, 0.4) is 0 Å². The zero-order valence-corrected chi connectivity index (χ0v) is 19.6. The standard InChI is InChI=1S/C24H29FN4O2S/c1-4-28(32(3,30)31)17-23-22-16-27(15-19-7-9-20(25)10-8-19)14-13-24(22)29(26-23)21-11-5-18(2)6-12-21/h5-12H,4,13-17H2,1-3H3. The highest BCUT2D eigenvalue weighted by Crippen LogP contribution is 2.28. The quantitative estimate of drug-likeness (QED) is 0.545. The maximum atomic E-state index is 13.3. The Hall–Kier alpha value is -2.55. The van der Waals surface area contributed by atoms with Crippen molar-refractivity contribution >= 4 is 10.0 Å². The van der Waals surface area contributed by atoms with E-state index in [0.717, 1.165) is 41.2 Å². The fourth-order valence-electron chi connectivity index (χ4n) is 4.18. The van der Waals surface area contributed by atoms with Crippen molar-refractivity contribution in [1.82, 2.24) is 19.0 Å². The third kappa shape index (κ3) is 4.92. The molecule has 0 aliphatic carbocycles. The molecule has 0 saturated heterocycles. The van der Waals surface area contributed by atoms with Crippen molar-refractivity contribution in [2.45, 2.75) is 39.9 Å². The lowest BCUT2D eigenvalue weighted by Gasteiger charge is -2.28. The molecular weight excluding hydrogens is 427 g/mol. The second kappa shape index (κ2) is 9.13. The molecule has 0 atom stereocenters. The molecule has 0 saturated carbocycles. The average molecular weight is 457 g/mol. The van der Waals surface area contributed by atoms with Gasteiger partial charge >= 0.3 is 0 Å². The topological polar surface area (TPSA) is 58.4 Å². The first-order valence-corrected chi connectivity index (χ1v) is 12.7. The van der Waals surface area contributed by atoms with E-state index in [1.54, 1.807) is 0 Å². The summed E-state index contributed by atoms with van der Waals surface area (Å²) >= 11 is 0. The average Bonchev–Trinajstić information content (AvgIpc) is 3.11. The molecule has 1 aliphatic heterocycles. The van der Waals surface area contributed by atoms with Gasteiger partial charge in [0, 0.05) is 38.2 Å². The lowest BCUT2D eigenvalue weighted by atomic mass is 10.0. The van der Waals surface area contributed by atoms with Crippen LogP contribution in [-0.4, -0.2) is 46.7 Å². The normalized spacial score (nSPS) is 14.7. The molecule has 8 heteroatoms. The smallest absolute Gasteiger partial charge is 0.211 e. The van der Waals surface area contributed by atoms with E-state index in [9.17, 15) is 12.8 Å². The summed E-state index contributed by atoms with van der Waals surface area (Å²) in [5.41, 5.74) is 6.21. The van der Waals surface area contributed by atoms with E-state index >= 15 is 0 Å². The summed E-state index contributed by atoms with van der Waals surface area (Å²) in [4.78, 5) is 2.30. The number of hydrogen-bond acceptors (Lipinski definition) is 4. The fourth-order valence-corrected chi connectivity index (χ4v) is 5.01. The van der Waals surface area contributed by atoms with Gasteiger partial charge in [-0.25, -0.2) is 17.5 Å². The van der Waals surface area contributed by atoms with Gasteiger partial charge in [-0.1, -0.05) is 36.8 Å². The molecule has 4 rings (SSSR count). The van der Waals surface area contributed by atoms with Gasteiger partial charge in [-0.15, -0.1) is 0 Å². The Bertz CT molecular complexity index is 1190. The number of rotatable bonds is 7. The maximum Gasteiger partial charge on any atom is 0.211 e. The number of hydrogen-bond donors (Lipinski definition) is 0. The van der Waals surface area contributed by atoms with Crippen LogP contribution in [0.2, 0.25) is 0 Å². The summed E-state index contributed by atoms with van der Waals surface area (Å²) < 4.78 is 41.2. The van der Waals surface area contributed by atoms with E-state index in [0.29, 0.717) is 19.6 Å². The molecule has 0 N–H and O–H groups in total. The van der Waals surface area contributed by atoms with Crippen LogP contribution in [0.5, 0.6) is 0 Å². The molecule has 2 heterocycles. The zero-order valence-electron chi connectivity index (χ0n) is 18.8. The molecule has 0 amide bonds. The summed E-state index contributed by atoms with van der Waals surface area (Å²) in [7, 11) is -3.33. The number of sulfonamides is 1. The van der Waals surface area contributed by atoms with E-state index in [1.165, 1.54) is 28.3 Å². The highest BCUT2D eigenvalue weighted by molar-refractivity contribution is 7.88. The van der Waals surface area contributed by atoms with Crippen molar-refractivity contribution < 1.29 is 12.8 Å². The molecular formula is C24H29FN4O2S. The minimum Gasteiger partial charge on any atom is -0.294 e. The van der Waals surface area contributed by atoms with Gasteiger partial charge in [-0.05, 0) is 36.8 Å². The molecule has 0 spiro atoms. The van der Waals surface area contributed by atoms with Crippen LogP contribution in [-0.2, 0) is 36.1 Å². The first-order chi connectivity index (χ1) is 15.2. The van der Waals surface area contributed by atoms with E-state index in [1.807, 2.05) is 42.8 Å². The predicted octanol–water partition coefficient (Wildman–Crippen LogP) is 3.66. The van der Waals surface area contributed by atoms with Crippen molar-refractivity contribution in [2.75, 3.05) is 19.3 Å². The number of nitrogens with zero attached hydrogens (tertiary/aromatic N) is 4. The molecule has 0 fully saturated rings. The van der Waals surface area contributed by atoms with Crippen LogP contribution in [0.1, 0.15) is 35.0 Å². The van der Waals surface area contributed by atoms with E-state index in [4.69, 9.17) is 5.10 Å². The number of halogens is 1. The second-order valence-corrected chi connectivity index (χ2v) is 10.4. The summed E-state index contributed by atoms with van der Waals surface area (Å²) in [5.74, 6) is -0.239. The van der Waals surface area contributed by atoms with Gasteiger partial charge in [-0.2, -0.15) is 9.40 Å². The molecule has 6 nitrogen and oxygen atoms in total. The Morgan fingerprint density at radius 3 is 2.41 bits per heavy atom. The highest BCUT2D eigenvalue weighted by Gasteiger charge is 2.28. The second-order valence-electron chi connectivity index (χ2n) is 8.40. The maximum absolute atomic E-state index is 13.3. The number of aryl methyl sites for hydroxylation is 1. The van der Waals surface area contributed by atoms with Crippen molar-refractivity contribution in [3.63, 3.8) is 0 Å². The van der Waals surface area contributed by atoms with Crippen LogP contribution in [0, 0.1) is 12.7 Å². The van der Waals surface area contributed by atoms with Crippen LogP contribution in [0.25, 0.3) is 5.69 Å². The van der Waals surface area contributed by atoms with Gasteiger partial charge in [0.15, 0.2) is 0 Å². The van der Waals surface area contributed by atoms with Gasteiger partial charge in [0.05, 0.1) is 29.9 Å². The molecule has 2 aromatic carbocycles. The summed E-state index contributed by atoms with van der Waals surface area (Å²) in [6.45, 7) is 6.77. The Balaban J connectivity index is 1.68. The lowest BCUT2D eigenvalue weighted by molar-refractivity contribution is 0.242. The molecule has 32 heavy (non-hydrogen) atoms. The molecule has 0 bridgehead atoms. The third-order valence-corrected chi connectivity index (χ3v) is 7.29. The van der Waals surface area contributed by atoms with Gasteiger partial charge in [0.1, 0.15) is 5.82 Å². The Labute approximate surface area is 189 Å². The number of aromatic nitrogens is 2. The highest BCUT2D eigenvalue weighted by atomic mass is 32.2. The van der Waals surface area contributed by atoms with Gasteiger partial charge in [0.2, 0.25) is 10.0 Å². The van der Waals surface area contributed by atoms with Gasteiger partial charge < -0.3 is 0 Å². The third-order valence-electron chi connectivity index (χ3n) is 5.97. The SMILES string of the molecule is CCN(Cc1nn(-c2ccc(C)cc2)c2c1CN(Cc1ccc(F)cc1)CC2)S(C)(=O)=O. The number of benzene rings is 2. The van der Waals surface area contributed by atoms with Crippen LogP contribution < -0.4 is 0 Å².